The van der Waals surface area contributed by atoms with Gasteiger partial charge in [-0.2, -0.15) is 0 Å². The number of imide groups is 1. The molecule has 6 nitrogen and oxygen atoms in total. The minimum Gasteiger partial charge on any atom is -0.456 e. The van der Waals surface area contributed by atoms with Crippen molar-refractivity contribution in [3.05, 3.63) is 129 Å². The molecule has 0 spiro atoms. The second kappa shape index (κ2) is 9.90. The standard InChI is InChI=1S/C33H23Cl2NO5S/c34-32-20-11-4-5-12-21(20)33(35,23-14-7-6-13-22(23)32)28-27(32)29(38)36(30(28)39)24(17-19-9-2-1-3-10-19)31(40)41-18-25(37)26-15-8-16-42-26/h1-16,24,27-28H,17-18H2/t24-,27-,28+,32?,33?/m0/s1. The van der Waals surface area contributed by atoms with Crippen molar-refractivity contribution in [1.82, 2.24) is 4.90 Å². The highest BCUT2D eigenvalue weighted by Gasteiger charge is 2.73. The number of ketones is 1. The maximum Gasteiger partial charge on any atom is 0.330 e. The lowest BCUT2D eigenvalue weighted by Crippen LogP contribution is -2.57. The van der Waals surface area contributed by atoms with Crippen LogP contribution in [0, 0.1) is 11.8 Å². The van der Waals surface area contributed by atoms with Crippen molar-refractivity contribution in [3.8, 4) is 0 Å². The van der Waals surface area contributed by atoms with Crippen LogP contribution in [-0.4, -0.2) is 41.1 Å². The zero-order valence-corrected chi connectivity index (χ0v) is 24.4. The van der Waals surface area contributed by atoms with Gasteiger partial charge in [-0.15, -0.1) is 34.5 Å². The molecule has 3 aromatic carbocycles. The van der Waals surface area contributed by atoms with Crippen molar-refractivity contribution in [2.45, 2.75) is 22.2 Å². The minimum atomic E-state index is -1.37. The number of benzene rings is 3. The van der Waals surface area contributed by atoms with Gasteiger partial charge in [0.15, 0.2) is 6.61 Å². The molecule has 2 amide bonds. The number of likely N-dealkylation sites (tertiary alicyclic amines) is 1. The van der Waals surface area contributed by atoms with E-state index >= 15 is 0 Å². The molecule has 210 valence electrons. The van der Waals surface area contributed by atoms with Crippen LogP contribution < -0.4 is 0 Å². The van der Waals surface area contributed by atoms with Gasteiger partial charge < -0.3 is 4.74 Å². The van der Waals surface area contributed by atoms with Gasteiger partial charge in [0.1, 0.15) is 15.8 Å². The number of halogens is 2. The normalized spacial score (nSPS) is 25.9. The lowest BCUT2D eigenvalue weighted by molar-refractivity contribution is -0.158. The summed E-state index contributed by atoms with van der Waals surface area (Å²) in [5, 5.41) is 1.75. The number of thiophene rings is 1. The Morgan fingerprint density at radius 3 is 1.74 bits per heavy atom. The first kappa shape index (κ1) is 27.1. The van der Waals surface area contributed by atoms with E-state index < -0.39 is 52.0 Å². The van der Waals surface area contributed by atoms with Gasteiger partial charge in [-0.3, -0.25) is 19.3 Å². The van der Waals surface area contributed by atoms with Crippen LogP contribution in [0.5, 0.6) is 0 Å². The lowest BCUT2D eigenvalue weighted by Gasteiger charge is -2.54. The third-order valence-electron chi connectivity index (χ3n) is 8.62. The van der Waals surface area contributed by atoms with E-state index in [1.807, 2.05) is 54.6 Å². The van der Waals surface area contributed by atoms with Crippen molar-refractivity contribution in [3.63, 3.8) is 0 Å². The summed E-state index contributed by atoms with van der Waals surface area (Å²) in [7, 11) is 0. The summed E-state index contributed by atoms with van der Waals surface area (Å²) >= 11 is 16.3. The van der Waals surface area contributed by atoms with E-state index in [4.69, 9.17) is 27.9 Å². The number of hydrogen-bond acceptors (Lipinski definition) is 6. The number of alkyl halides is 2. The maximum absolute atomic E-state index is 14.5. The first-order valence-corrected chi connectivity index (χ1v) is 15.1. The minimum absolute atomic E-state index is 0.00819. The van der Waals surface area contributed by atoms with E-state index in [0.717, 1.165) is 10.5 Å². The predicted molar refractivity (Wildman–Crippen MR) is 159 cm³/mol. The van der Waals surface area contributed by atoms with Gasteiger partial charge in [-0.25, -0.2) is 4.79 Å². The Kier molecular flexibility index (Phi) is 6.38. The summed E-state index contributed by atoms with van der Waals surface area (Å²) < 4.78 is 5.47. The molecule has 1 aliphatic heterocycles. The molecule has 4 aliphatic rings. The monoisotopic (exact) mass is 615 g/mol. The van der Waals surface area contributed by atoms with Crippen LogP contribution in [0.2, 0.25) is 0 Å². The molecule has 9 heteroatoms. The molecule has 0 unspecified atom stereocenters. The molecule has 0 N–H and O–H groups in total. The van der Waals surface area contributed by atoms with E-state index in [1.54, 1.807) is 41.8 Å². The average molecular weight is 617 g/mol. The average Bonchev–Trinajstić information content (AvgIpc) is 3.65. The fourth-order valence-electron chi connectivity index (χ4n) is 6.85. The van der Waals surface area contributed by atoms with Gasteiger partial charge in [-0.05, 0) is 39.3 Å². The second-order valence-corrected chi connectivity index (χ2v) is 12.9. The van der Waals surface area contributed by atoms with Gasteiger partial charge in [0.05, 0.1) is 16.7 Å². The van der Waals surface area contributed by atoms with E-state index in [2.05, 4.69) is 0 Å². The van der Waals surface area contributed by atoms with Crippen LogP contribution in [0.4, 0.5) is 0 Å². The van der Waals surface area contributed by atoms with Crippen molar-refractivity contribution >= 4 is 58.1 Å². The van der Waals surface area contributed by atoms with E-state index in [0.29, 0.717) is 27.1 Å². The number of nitrogens with zero attached hydrogens (tertiary/aromatic N) is 1. The zero-order chi connectivity index (χ0) is 29.2. The van der Waals surface area contributed by atoms with Crippen LogP contribution in [0.15, 0.2) is 96.4 Å². The Morgan fingerprint density at radius 1 is 0.762 bits per heavy atom. The van der Waals surface area contributed by atoms with Crippen molar-refractivity contribution in [2.75, 3.05) is 6.61 Å². The molecule has 4 aromatic rings. The number of Topliss-reactive ketones (excluding diaryl/α,β-unsaturated/α-hetero) is 1. The summed E-state index contributed by atoms with van der Waals surface area (Å²) in [6.45, 7) is -0.510. The van der Waals surface area contributed by atoms with Gasteiger partial charge >= 0.3 is 5.97 Å². The quantitative estimate of drug-likeness (QED) is 0.116. The third kappa shape index (κ3) is 3.70. The number of amides is 2. The third-order valence-corrected chi connectivity index (χ3v) is 10.8. The highest BCUT2D eigenvalue weighted by molar-refractivity contribution is 7.12. The molecular weight excluding hydrogens is 593 g/mol. The molecular formula is C33H23Cl2NO5S. The molecule has 42 heavy (non-hydrogen) atoms. The summed E-state index contributed by atoms with van der Waals surface area (Å²) in [5.74, 6) is -4.49. The summed E-state index contributed by atoms with van der Waals surface area (Å²) in [4.78, 5) is 53.9. The van der Waals surface area contributed by atoms with Gasteiger partial charge in [0, 0.05) is 6.42 Å². The number of carbonyl (C=O) groups is 4. The highest BCUT2D eigenvalue weighted by atomic mass is 35.5. The molecule has 0 saturated carbocycles. The molecule has 0 radical (unpaired) electrons. The van der Waals surface area contributed by atoms with Gasteiger partial charge in [0.2, 0.25) is 17.6 Å². The Balaban J connectivity index is 1.31. The van der Waals surface area contributed by atoms with Crippen LogP contribution in [0.3, 0.4) is 0 Å². The van der Waals surface area contributed by atoms with Crippen molar-refractivity contribution in [2.24, 2.45) is 11.8 Å². The van der Waals surface area contributed by atoms with E-state index in [9.17, 15) is 19.2 Å². The number of rotatable bonds is 7. The molecule has 1 aromatic heterocycles. The predicted octanol–water partition coefficient (Wildman–Crippen LogP) is 5.68. The van der Waals surface area contributed by atoms with Crippen molar-refractivity contribution in [1.29, 1.82) is 0 Å². The maximum atomic E-state index is 14.5. The fraction of sp³-hybridized carbons (Fsp3) is 0.212. The SMILES string of the molecule is O=C(COC(=O)[C@H](Cc1ccccc1)N1C(=O)[C@@H]2[C@H](C1=O)C1(Cl)c3ccccc3C2(Cl)c2ccccc21)c1cccs1. The highest BCUT2D eigenvalue weighted by Crippen LogP contribution is 2.69. The molecule has 2 heterocycles. The molecule has 8 rings (SSSR count). The number of carbonyl (C=O) groups excluding carboxylic acids is 4. The Labute approximate surface area is 255 Å². The zero-order valence-electron chi connectivity index (χ0n) is 22.0. The molecule has 1 saturated heterocycles. The molecule has 3 aliphatic carbocycles. The summed E-state index contributed by atoms with van der Waals surface area (Å²) in [6, 6.07) is 25.8. The molecule has 2 bridgehead atoms. The first-order valence-electron chi connectivity index (χ1n) is 13.5. The smallest absolute Gasteiger partial charge is 0.330 e. The van der Waals surface area contributed by atoms with Crippen LogP contribution in [0.25, 0.3) is 0 Å². The van der Waals surface area contributed by atoms with E-state index in [1.165, 1.54) is 11.3 Å². The second-order valence-electron chi connectivity index (χ2n) is 10.7. The van der Waals surface area contributed by atoms with Crippen molar-refractivity contribution < 1.29 is 23.9 Å². The topological polar surface area (TPSA) is 80.8 Å². The van der Waals surface area contributed by atoms with Crippen LogP contribution >= 0.6 is 34.5 Å². The Hall–Kier alpha value is -3.78. The summed E-state index contributed by atoms with van der Waals surface area (Å²) in [5.41, 5.74) is 3.42. The fourth-order valence-corrected chi connectivity index (χ4v) is 8.60. The summed E-state index contributed by atoms with van der Waals surface area (Å²) in [6.07, 6.45) is 0.00819. The van der Waals surface area contributed by atoms with Crippen LogP contribution in [0.1, 0.15) is 37.5 Å². The first-order chi connectivity index (χ1) is 20.3. The molecule has 3 atom stereocenters. The number of ether oxygens (including phenoxy) is 1. The molecule has 1 fully saturated rings. The van der Waals surface area contributed by atoms with Gasteiger partial charge in [0.25, 0.3) is 0 Å². The van der Waals surface area contributed by atoms with Gasteiger partial charge in [-0.1, -0.05) is 84.9 Å². The van der Waals surface area contributed by atoms with Crippen LogP contribution in [-0.2, 0) is 35.3 Å². The Morgan fingerprint density at radius 2 is 1.26 bits per heavy atom. The largest absolute Gasteiger partial charge is 0.456 e. The lowest BCUT2D eigenvalue weighted by atomic mass is 9.54. The number of hydrogen-bond donors (Lipinski definition) is 0. The van der Waals surface area contributed by atoms with E-state index in [-0.39, 0.29) is 12.2 Å². The Bertz CT molecular complexity index is 1630. The number of esters is 1.